The third kappa shape index (κ3) is 5.49. The van der Waals surface area contributed by atoms with Crippen LogP contribution in [0.25, 0.3) is 0 Å². The summed E-state index contributed by atoms with van der Waals surface area (Å²) in [6.07, 6.45) is 0.345. The van der Waals surface area contributed by atoms with E-state index in [-0.39, 0.29) is 24.1 Å². The maximum absolute atomic E-state index is 13.1. The highest BCUT2D eigenvalue weighted by molar-refractivity contribution is 5.99. The van der Waals surface area contributed by atoms with Crippen molar-refractivity contribution in [1.82, 2.24) is 15.5 Å². The molecule has 10 heteroatoms. The van der Waals surface area contributed by atoms with Gasteiger partial charge in [-0.25, -0.2) is 0 Å². The Balaban J connectivity index is 1.63. The monoisotopic (exact) mass is 475 g/mol. The van der Waals surface area contributed by atoms with Gasteiger partial charge in [-0.1, -0.05) is 0 Å². The number of aryl methyl sites for hydroxylation is 2. The summed E-state index contributed by atoms with van der Waals surface area (Å²) in [7, 11) is 1.58. The second kappa shape index (κ2) is 10.9. The molecular formula is C24H33N3O7. The van der Waals surface area contributed by atoms with Crippen LogP contribution < -0.4 is 15.4 Å². The van der Waals surface area contributed by atoms with Crippen LogP contribution in [0.2, 0.25) is 0 Å². The van der Waals surface area contributed by atoms with E-state index < -0.39 is 30.4 Å². The van der Waals surface area contributed by atoms with Gasteiger partial charge in [0.1, 0.15) is 23.9 Å². The molecule has 0 unspecified atom stereocenters. The Bertz CT molecular complexity index is 941. The first-order valence-electron chi connectivity index (χ1n) is 11.5. The van der Waals surface area contributed by atoms with Gasteiger partial charge in [-0.2, -0.15) is 0 Å². The minimum absolute atomic E-state index is 0.0181. The van der Waals surface area contributed by atoms with E-state index in [9.17, 15) is 19.2 Å². The summed E-state index contributed by atoms with van der Waals surface area (Å²) in [4.78, 5) is 52.0. The number of likely N-dealkylation sites (tertiary alicyclic amines) is 1. The summed E-state index contributed by atoms with van der Waals surface area (Å²) in [5.74, 6) is -0.807. The minimum atomic E-state index is -0.832. The Hall–Kier alpha value is -3.14. The number of rotatable bonds is 8. The van der Waals surface area contributed by atoms with Crippen molar-refractivity contribution < 1.29 is 33.4 Å². The van der Waals surface area contributed by atoms with E-state index in [0.717, 1.165) is 11.1 Å². The Kier molecular flexibility index (Phi) is 8.14. The Morgan fingerprint density at radius 1 is 1.24 bits per heavy atom. The van der Waals surface area contributed by atoms with E-state index in [4.69, 9.17) is 14.2 Å². The summed E-state index contributed by atoms with van der Waals surface area (Å²) in [6, 6.07) is 1.32. The van der Waals surface area contributed by atoms with Gasteiger partial charge in [-0.05, 0) is 63.8 Å². The zero-order valence-electron chi connectivity index (χ0n) is 20.3. The van der Waals surface area contributed by atoms with Crippen molar-refractivity contribution >= 4 is 23.7 Å². The van der Waals surface area contributed by atoms with Crippen LogP contribution in [0.3, 0.4) is 0 Å². The first-order valence-corrected chi connectivity index (χ1v) is 11.5. The minimum Gasteiger partial charge on any atom is -0.496 e. The largest absolute Gasteiger partial charge is 0.496 e. The molecule has 0 saturated carbocycles. The number of esters is 1. The fourth-order valence-corrected chi connectivity index (χ4v) is 4.54. The highest BCUT2D eigenvalue weighted by Crippen LogP contribution is 2.25. The van der Waals surface area contributed by atoms with Gasteiger partial charge in [-0.3, -0.25) is 19.2 Å². The number of benzene rings is 1. The number of hydrogen-bond acceptors (Lipinski definition) is 7. The molecule has 186 valence electrons. The molecule has 34 heavy (non-hydrogen) atoms. The van der Waals surface area contributed by atoms with Gasteiger partial charge in [0.2, 0.25) is 18.1 Å². The van der Waals surface area contributed by atoms with Crippen molar-refractivity contribution in [1.29, 1.82) is 0 Å². The van der Waals surface area contributed by atoms with Gasteiger partial charge >= 0.3 is 5.97 Å². The fourth-order valence-electron chi connectivity index (χ4n) is 4.54. The number of carbonyl (C=O) groups is 4. The smallest absolute Gasteiger partial charge is 0.310 e. The molecule has 3 rings (SSSR count). The zero-order valence-corrected chi connectivity index (χ0v) is 20.3. The van der Waals surface area contributed by atoms with Gasteiger partial charge in [0, 0.05) is 18.7 Å². The molecule has 0 aliphatic carbocycles. The van der Waals surface area contributed by atoms with Crippen LogP contribution in [0.1, 0.15) is 54.6 Å². The Morgan fingerprint density at radius 3 is 2.53 bits per heavy atom. The predicted molar refractivity (Wildman–Crippen MR) is 122 cm³/mol. The lowest BCUT2D eigenvalue weighted by Crippen LogP contribution is -2.54. The van der Waals surface area contributed by atoms with Gasteiger partial charge in [-0.15, -0.1) is 0 Å². The molecule has 1 aromatic carbocycles. The summed E-state index contributed by atoms with van der Waals surface area (Å²) >= 11 is 0. The van der Waals surface area contributed by atoms with Crippen LogP contribution in [-0.2, 0) is 23.9 Å². The van der Waals surface area contributed by atoms with E-state index in [1.807, 2.05) is 13.8 Å². The summed E-state index contributed by atoms with van der Waals surface area (Å²) in [6.45, 7) is 7.82. The van der Waals surface area contributed by atoms with Crippen molar-refractivity contribution in [2.24, 2.45) is 0 Å². The number of amides is 3. The molecule has 3 amide bonds. The van der Waals surface area contributed by atoms with Crippen LogP contribution in [0.4, 0.5) is 0 Å². The second-order valence-corrected chi connectivity index (χ2v) is 8.66. The van der Waals surface area contributed by atoms with E-state index in [0.29, 0.717) is 37.3 Å². The molecule has 2 N–H and O–H groups in total. The first-order chi connectivity index (χ1) is 16.2. The Labute approximate surface area is 199 Å². The average molecular weight is 476 g/mol. The molecule has 0 bridgehead atoms. The molecule has 2 fully saturated rings. The number of cyclic esters (lactones) is 1. The molecule has 2 aliphatic rings. The number of methoxy groups -OCH3 is 1. The maximum Gasteiger partial charge on any atom is 0.310 e. The molecule has 4 atom stereocenters. The van der Waals surface area contributed by atoms with Crippen molar-refractivity contribution in [2.45, 2.75) is 71.4 Å². The van der Waals surface area contributed by atoms with Gasteiger partial charge in [0.05, 0.1) is 13.5 Å². The topological polar surface area (TPSA) is 123 Å². The number of nitrogens with zero attached hydrogens (tertiary/aromatic N) is 1. The van der Waals surface area contributed by atoms with Gasteiger partial charge in [0.15, 0.2) is 0 Å². The summed E-state index contributed by atoms with van der Waals surface area (Å²) in [5, 5.41) is 5.54. The third-order valence-electron chi connectivity index (χ3n) is 6.10. The van der Waals surface area contributed by atoms with E-state index >= 15 is 0 Å². The van der Waals surface area contributed by atoms with Crippen molar-refractivity contribution in [2.75, 3.05) is 20.3 Å². The molecule has 10 nitrogen and oxygen atoms in total. The van der Waals surface area contributed by atoms with Crippen LogP contribution in [-0.4, -0.2) is 73.3 Å². The predicted octanol–water partition coefficient (Wildman–Crippen LogP) is 1.22. The van der Waals surface area contributed by atoms with E-state index in [2.05, 4.69) is 10.6 Å². The van der Waals surface area contributed by atoms with Crippen LogP contribution in [0.5, 0.6) is 5.75 Å². The summed E-state index contributed by atoms with van der Waals surface area (Å²) in [5.41, 5.74) is 2.07. The number of nitrogens with one attached hydrogen (secondary N) is 2. The fraction of sp³-hybridized carbons (Fsp3) is 0.583. The lowest BCUT2D eigenvalue weighted by Gasteiger charge is -2.28. The second-order valence-electron chi connectivity index (χ2n) is 8.66. The van der Waals surface area contributed by atoms with Crippen molar-refractivity contribution in [3.8, 4) is 5.75 Å². The van der Waals surface area contributed by atoms with E-state index in [1.165, 1.54) is 4.90 Å². The number of ether oxygens (including phenoxy) is 3. The zero-order chi connectivity index (χ0) is 25.0. The van der Waals surface area contributed by atoms with Gasteiger partial charge in [0.25, 0.3) is 5.91 Å². The normalized spacial score (nSPS) is 22.8. The molecule has 2 heterocycles. The first kappa shape index (κ1) is 25.5. The van der Waals surface area contributed by atoms with Crippen LogP contribution >= 0.6 is 0 Å². The maximum atomic E-state index is 13.1. The number of carbonyl (C=O) groups excluding carboxylic acids is 4. The third-order valence-corrected chi connectivity index (χ3v) is 6.10. The van der Waals surface area contributed by atoms with Crippen LogP contribution in [0, 0.1) is 13.8 Å². The highest BCUT2D eigenvalue weighted by Gasteiger charge is 2.41. The molecule has 0 spiro atoms. The molecule has 0 aromatic heterocycles. The summed E-state index contributed by atoms with van der Waals surface area (Å²) < 4.78 is 15.8. The lowest BCUT2D eigenvalue weighted by atomic mass is 10.0. The lowest BCUT2D eigenvalue weighted by molar-refractivity contribution is -0.164. The molecule has 2 aliphatic heterocycles. The standard InChI is InChI=1S/C24H33N3O7/c1-6-33-24-17(12-19(28)34-24)26-22(30)18-8-7-9-27(18)23(31)15(4)25-21(29)16-10-13(2)20(32-5)14(3)11-16/h10-11,15,17-18,24H,6-9,12H2,1-5H3,(H,25,29)(H,26,30)/t15-,17-,18-,24+/m0/s1. The number of hydrogen-bond donors (Lipinski definition) is 2. The Morgan fingerprint density at radius 2 is 1.91 bits per heavy atom. The van der Waals surface area contributed by atoms with Crippen LogP contribution in [0.15, 0.2) is 12.1 Å². The van der Waals surface area contributed by atoms with Crippen molar-refractivity contribution in [3.63, 3.8) is 0 Å². The van der Waals surface area contributed by atoms with Gasteiger partial charge < -0.3 is 29.7 Å². The molecule has 1 aromatic rings. The van der Waals surface area contributed by atoms with Crippen molar-refractivity contribution in [3.05, 3.63) is 28.8 Å². The SMILES string of the molecule is CCO[C@@H]1OC(=O)C[C@@H]1NC(=O)[C@@H]1CCCN1C(=O)[C@H](C)NC(=O)c1cc(C)c(OC)c(C)c1. The highest BCUT2D eigenvalue weighted by atomic mass is 16.7. The quantitative estimate of drug-likeness (QED) is 0.542. The molecule has 0 radical (unpaired) electrons. The molecule has 2 saturated heterocycles. The average Bonchev–Trinajstić information content (AvgIpc) is 3.40. The molecular weight excluding hydrogens is 442 g/mol. The van der Waals surface area contributed by atoms with E-state index in [1.54, 1.807) is 33.1 Å².